The summed E-state index contributed by atoms with van der Waals surface area (Å²) >= 11 is 5.96. The van der Waals surface area contributed by atoms with Crippen molar-refractivity contribution in [3.63, 3.8) is 0 Å². The molecule has 6 amide bonds. The van der Waals surface area contributed by atoms with E-state index in [-0.39, 0.29) is 31.0 Å². The first-order valence-corrected chi connectivity index (χ1v) is 14.6. The number of nitrogens with zero attached hydrogens (tertiary/aromatic N) is 3. The second-order valence-corrected chi connectivity index (χ2v) is 11.2. The third-order valence-corrected chi connectivity index (χ3v) is 8.15. The van der Waals surface area contributed by atoms with Crippen LogP contribution < -0.4 is 20.7 Å². The van der Waals surface area contributed by atoms with E-state index in [0.29, 0.717) is 42.2 Å². The third-order valence-electron chi connectivity index (χ3n) is 7.90. The van der Waals surface area contributed by atoms with E-state index in [2.05, 4.69) is 5.32 Å². The lowest BCUT2D eigenvalue weighted by Gasteiger charge is -2.42. The molecule has 2 fully saturated rings. The van der Waals surface area contributed by atoms with Crippen LogP contribution in [0, 0.1) is 0 Å². The van der Waals surface area contributed by atoms with Crippen molar-refractivity contribution in [3.05, 3.63) is 95.0 Å². The summed E-state index contributed by atoms with van der Waals surface area (Å²) in [6, 6.07) is 22.1. The number of rotatable bonds is 9. The maximum absolute atomic E-state index is 14.0. The van der Waals surface area contributed by atoms with Crippen LogP contribution in [0.5, 0.6) is 5.75 Å². The number of halogens is 1. The van der Waals surface area contributed by atoms with Gasteiger partial charge in [-0.15, -0.1) is 0 Å². The molecule has 5 rings (SSSR count). The number of likely N-dealkylation sites (tertiary alicyclic amines) is 1. The summed E-state index contributed by atoms with van der Waals surface area (Å²) in [6.45, 7) is 0.201. The molecule has 11 nitrogen and oxygen atoms in total. The molecule has 44 heavy (non-hydrogen) atoms. The van der Waals surface area contributed by atoms with Crippen LogP contribution in [0.15, 0.2) is 78.9 Å². The Morgan fingerprint density at radius 3 is 2.30 bits per heavy atom. The maximum Gasteiger partial charge on any atom is 0.409 e. The molecule has 0 radical (unpaired) electrons. The van der Waals surface area contributed by atoms with Gasteiger partial charge < -0.3 is 20.7 Å². The van der Waals surface area contributed by atoms with Crippen molar-refractivity contribution in [1.29, 1.82) is 0 Å². The minimum Gasteiger partial charge on any atom is -0.410 e. The molecule has 0 unspecified atom stereocenters. The molecule has 0 saturated carbocycles. The molecule has 0 aromatic heterocycles. The molecular weight excluding hydrogens is 586 g/mol. The number of piperidine rings is 1. The number of nitrogens with two attached hydrogens (primary N) is 1. The molecule has 3 aromatic carbocycles. The van der Waals surface area contributed by atoms with Crippen LogP contribution in [0.3, 0.4) is 0 Å². The zero-order chi connectivity index (χ0) is 31.3. The van der Waals surface area contributed by atoms with Gasteiger partial charge in [0, 0.05) is 36.8 Å². The van der Waals surface area contributed by atoms with E-state index in [0.717, 1.165) is 10.5 Å². The van der Waals surface area contributed by atoms with Gasteiger partial charge in [0.2, 0.25) is 11.8 Å². The van der Waals surface area contributed by atoms with Crippen LogP contribution in [0.4, 0.5) is 15.3 Å². The van der Waals surface area contributed by atoms with Gasteiger partial charge in [-0.2, -0.15) is 0 Å². The Morgan fingerprint density at radius 1 is 0.909 bits per heavy atom. The van der Waals surface area contributed by atoms with Crippen molar-refractivity contribution in [2.45, 2.75) is 37.8 Å². The molecule has 12 heteroatoms. The number of benzene rings is 3. The highest BCUT2D eigenvalue weighted by Crippen LogP contribution is 2.40. The van der Waals surface area contributed by atoms with Gasteiger partial charge in [-0.25, -0.2) is 9.59 Å². The highest BCUT2D eigenvalue weighted by atomic mass is 35.5. The van der Waals surface area contributed by atoms with Crippen molar-refractivity contribution < 1.29 is 28.7 Å². The van der Waals surface area contributed by atoms with Gasteiger partial charge in [0.05, 0.1) is 0 Å². The summed E-state index contributed by atoms with van der Waals surface area (Å²) in [5.41, 5.74) is 6.02. The van der Waals surface area contributed by atoms with Crippen molar-refractivity contribution in [3.8, 4) is 5.75 Å². The number of hydrogen-bond donors (Lipinski definition) is 2. The fourth-order valence-electron chi connectivity index (χ4n) is 5.67. The van der Waals surface area contributed by atoms with Crippen molar-refractivity contribution >= 4 is 47.1 Å². The Labute approximate surface area is 259 Å². The number of carbonyl (C=O) groups is 5. The lowest BCUT2D eigenvalue weighted by molar-refractivity contribution is -0.139. The van der Waals surface area contributed by atoms with Crippen LogP contribution in [0.25, 0.3) is 0 Å². The molecule has 2 heterocycles. The molecule has 0 bridgehead atoms. The van der Waals surface area contributed by atoms with E-state index in [1.165, 1.54) is 4.90 Å². The summed E-state index contributed by atoms with van der Waals surface area (Å²) in [4.78, 5) is 68.9. The number of aryl methyl sites for hydroxylation is 1. The van der Waals surface area contributed by atoms with Gasteiger partial charge in [0.25, 0.3) is 5.91 Å². The predicted molar refractivity (Wildman–Crippen MR) is 163 cm³/mol. The Hall–Kier alpha value is -4.90. The lowest BCUT2D eigenvalue weighted by atomic mass is 9.85. The number of primary amides is 1. The van der Waals surface area contributed by atoms with Gasteiger partial charge in [-0.05, 0) is 66.8 Å². The maximum atomic E-state index is 14.0. The van der Waals surface area contributed by atoms with Gasteiger partial charge in [-0.1, -0.05) is 54.1 Å². The summed E-state index contributed by atoms with van der Waals surface area (Å²) in [5.74, 6) is -0.803. The second kappa shape index (κ2) is 13.2. The number of para-hydroxylation sites is 1. The quantitative estimate of drug-likeness (QED) is 0.349. The molecule has 0 atom stereocenters. The van der Waals surface area contributed by atoms with Gasteiger partial charge >= 0.3 is 12.1 Å². The van der Waals surface area contributed by atoms with Gasteiger partial charge in [0.1, 0.15) is 17.8 Å². The second-order valence-electron chi connectivity index (χ2n) is 10.7. The van der Waals surface area contributed by atoms with Crippen molar-refractivity contribution in [1.82, 2.24) is 15.1 Å². The molecule has 2 saturated heterocycles. The summed E-state index contributed by atoms with van der Waals surface area (Å²) in [5, 5.41) is 3.34. The Kier molecular flexibility index (Phi) is 9.15. The molecule has 3 aromatic rings. The average molecular weight is 618 g/mol. The largest absolute Gasteiger partial charge is 0.410 e. The zero-order valence-corrected chi connectivity index (χ0v) is 24.7. The normalized spacial score (nSPS) is 15.9. The number of nitrogens with one attached hydrogen (secondary N) is 1. The molecule has 3 N–H and O–H groups in total. The smallest absolute Gasteiger partial charge is 0.409 e. The number of amides is 6. The van der Waals surface area contributed by atoms with E-state index < -0.39 is 36.0 Å². The van der Waals surface area contributed by atoms with Crippen molar-refractivity contribution in [2.24, 2.45) is 5.73 Å². The van der Waals surface area contributed by atoms with Crippen LogP contribution >= 0.6 is 11.6 Å². The van der Waals surface area contributed by atoms with Crippen LogP contribution in [0.2, 0.25) is 5.02 Å². The fourth-order valence-corrected chi connectivity index (χ4v) is 5.80. The summed E-state index contributed by atoms with van der Waals surface area (Å²) in [6.07, 6.45) is 0.403. The Bertz CT molecular complexity index is 1560. The van der Waals surface area contributed by atoms with E-state index >= 15 is 0 Å². The number of hydrogen-bond acceptors (Lipinski definition) is 6. The SMILES string of the molecule is NC(=O)Oc1cccc(CNC(=O)CN2C(=O)N(c3ccccc3)C3(CCN(C(=O)CCc4ccc(Cl)cc4)CC3)C2=O)c1. The molecule has 2 aliphatic rings. The summed E-state index contributed by atoms with van der Waals surface area (Å²) < 4.78 is 4.87. The molecule has 228 valence electrons. The average Bonchev–Trinajstić information content (AvgIpc) is 3.21. The number of anilines is 1. The third kappa shape index (κ3) is 6.68. The molecule has 1 spiro atoms. The monoisotopic (exact) mass is 617 g/mol. The zero-order valence-electron chi connectivity index (χ0n) is 23.9. The molecule has 2 aliphatic heterocycles. The standard InChI is InChI=1S/C32H32ClN5O6/c33-24-12-9-22(10-13-24)11-14-28(40)36-17-15-32(16-18-36)29(41)37(31(43)38(32)25-6-2-1-3-7-25)21-27(39)35-20-23-5-4-8-26(19-23)44-30(34)42/h1-10,12-13,19H,11,14-18,20-21H2,(H2,34,42)(H,35,39). The van der Waals surface area contributed by atoms with Crippen LogP contribution in [-0.4, -0.2) is 64.8 Å². The van der Waals surface area contributed by atoms with E-state index in [1.54, 1.807) is 65.6 Å². The number of imide groups is 1. The highest BCUT2D eigenvalue weighted by Gasteiger charge is 2.59. The number of urea groups is 1. The minimum atomic E-state index is -1.22. The topological polar surface area (TPSA) is 142 Å². The Morgan fingerprint density at radius 2 is 1.61 bits per heavy atom. The van der Waals surface area contributed by atoms with Gasteiger partial charge in [0.15, 0.2) is 0 Å². The fraction of sp³-hybridized carbons (Fsp3) is 0.281. The number of ether oxygens (including phenoxy) is 1. The van der Waals surface area contributed by atoms with E-state index in [4.69, 9.17) is 22.1 Å². The van der Waals surface area contributed by atoms with Crippen molar-refractivity contribution in [2.75, 3.05) is 24.5 Å². The van der Waals surface area contributed by atoms with E-state index in [9.17, 15) is 24.0 Å². The van der Waals surface area contributed by atoms with E-state index in [1.807, 2.05) is 18.2 Å². The molecular formula is C32H32ClN5O6. The highest BCUT2D eigenvalue weighted by molar-refractivity contribution is 6.30. The molecule has 0 aliphatic carbocycles. The van der Waals surface area contributed by atoms with Crippen LogP contribution in [0.1, 0.15) is 30.4 Å². The minimum absolute atomic E-state index is 0.0284. The lowest BCUT2D eigenvalue weighted by Crippen LogP contribution is -2.57. The predicted octanol–water partition coefficient (Wildman–Crippen LogP) is 3.88. The first-order chi connectivity index (χ1) is 21.2. The summed E-state index contributed by atoms with van der Waals surface area (Å²) in [7, 11) is 0. The first-order valence-electron chi connectivity index (χ1n) is 14.2. The number of carbonyl (C=O) groups excluding carboxylic acids is 5. The first kappa shape index (κ1) is 30.6. The van der Waals surface area contributed by atoms with Gasteiger partial charge in [-0.3, -0.25) is 24.2 Å². The van der Waals surface area contributed by atoms with Crippen LogP contribution in [-0.2, 0) is 27.3 Å². The Balaban J connectivity index is 1.26.